The van der Waals surface area contributed by atoms with E-state index in [0.29, 0.717) is 10.9 Å². The van der Waals surface area contributed by atoms with Crippen LogP contribution in [0.15, 0.2) is 36.5 Å². The predicted molar refractivity (Wildman–Crippen MR) is 57.4 cm³/mol. The fourth-order valence-corrected chi connectivity index (χ4v) is 1.59. The average molecular weight is 311 g/mol. The highest BCUT2D eigenvalue weighted by Gasteiger charge is 2.73. The van der Waals surface area contributed by atoms with E-state index in [0.717, 1.165) is 0 Å². The Hall–Kier alpha value is -2.10. The highest BCUT2D eigenvalue weighted by Crippen LogP contribution is 2.49. The number of hydrogen-bond donors (Lipinski definition) is 1. The number of para-hydroxylation sites is 1. The van der Waals surface area contributed by atoms with Crippen LogP contribution in [-0.2, 0) is 5.60 Å². The van der Waals surface area contributed by atoms with Gasteiger partial charge in [0.25, 0.3) is 0 Å². The van der Waals surface area contributed by atoms with Crippen LogP contribution in [0.3, 0.4) is 0 Å². The second kappa shape index (κ2) is 4.72. The smallest absolute Gasteiger partial charge is 0.368 e. The SMILES string of the molecule is OC(c1cn(-c2ccccc2)nn1)(C(F)(F)F)C(F)(F)F. The Kier molecular flexibility index (Phi) is 3.44. The summed E-state index contributed by atoms with van der Waals surface area (Å²) in [5, 5.41) is 15.2. The van der Waals surface area contributed by atoms with Gasteiger partial charge in [0.15, 0.2) is 0 Å². The van der Waals surface area contributed by atoms with Gasteiger partial charge in [0.1, 0.15) is 5.69 Å². The third kappa shape index (κ3) is 2.46. The zero-order valence-electron chi connectivity index (χ0n) is 10.0. The van der Waals surface area contributed by atoms with Crippen molar-refractivity contribution in [2.45, 2.75) is 18.0 Å². The summed E-state index contributed by atoms with van der Waals surface area (Å²) in [6.07, 6.45) is -11.6. The predicted octanol–water partition coefficient (Wildman–Crippen LogP) is 2.58. The van der Waals surface area contributed by atoms with Gasteiger partial charge in [0, 0.05) is 0 Å². The standard InChI is InChI=1S/C11H7F6N3O/c12-10(13,14)9(21,11(15,16)17)8-6-20(19-18-8)7-4-2-1-3-5-7/h1-6,21H. The average Bonchev–Trinajstić information content (AvgIpc) is 2.86. The van der Waals surface area contributed by atoms with Crippen molar-refractivity contribution in [3.8, 4) is 5.69 Å². The van der Waals surface area contributed by atoms with Crippen molar-refractivity contribution in [1.82, 2.24) is 15.0 Å². The van der Waals surface area contributed by atoms with E-state index in [1.54, 1.807) is 6.07 Å². The van der Waals surface area contributed by atoms with Crippen molar-refractivity contribution in [3.05, 3.63) is 42.2 Å². The molecule has 0 unspecified atom stereocenters. The van der Waals surface area contributed by atoms with Gasteiger partial charge in [-0.2, -0.15) is 26.3 Å². The van der Waals surface area contributed by atoms with E-state index in [-0.39, 0.29) is 5.69 Å². The number of aliphatic hydroxyl groups is 1. The van der Waals surface area contributed by atoms with E-state index in [9.17, 15) is 26.3 Å². The number of nitrogens with zero attached hydrogens (tertiary/aromatic N) is 3. The summed E-state index contributed by atoms with van der Waals surface area (Å²) in [5.41, 5.74) is -6.53. The Morgan fingerprint density at radius 2 is 1.43 bits per heavy atom. The molecule has 0 aliphatic rings. The summed E-state index contributed by atoms with van der Waals surface area (Å²) in [4.78, 5) is 0. The van der Waals surface area contributed by atoms with E-state index in [4.69, 9.17) is 5.11 Å². The van der Waals surface area contributed by atoms with Crippen molar-refractivity contribution in [2.75, 3.05) is 0 Å². The molecule has 1 N–H and O–H groups in total. The molecular formula is C11H7F6N3O. The zero-order chi connectivity index (χ0) is 15.9. The molecule has 0 fully saturated rings. The number of aromatic nitrogens is 3. The molecule has 0 radical (unpaired) electrons. The third-order valence-corrected chi connectivity index (χ3v) is 2.71. The van der Waals surface area contributed by atoms with Crippen molar-refractivity contribution in [3.63, 3.8) is 0 Å². The molecule has 0 saturated carbocycles. The Labute approximate surface area is 113 Å². The maximum absolute atomic E-state index is 12.7. The molecule has 10 heteroatoms. The van der Waals surface area contributed by atoms with Crippen molar-refractivity contribution in [2.24, 2.45) is 0 Å². The van der Waals surface area contributed by atoms with Gasteiger partial charge in [-0.15, -0.1) is 5.10 Å². The van der Waals surface area contributed by atoms with Crippen LogP contribution in [0.5, 0.6) is 0 Å². The molecule has 1 aromatic heterocycles. The fourth-order valence-electron chi connectivity index (χ4n) is 1.59. The molecule has 0 aliphatic heterocycles. The lowest BCUT2D eigenvalue weighted by Crippen LogP contribution is -2.54. The molecule has 0 aliphatic carbocycles. The van der Waals surface area contributed by atoms with E-state index in [1.807, 2.05) is 0 Å². The first kappa shape index (κ1) is 15.3. The fraction of sp³-hybridized carbons (Fsp3) is 0.273. The summed E-state index contributed by atoms with van der Waals surface area (Å²) >= 11 is 0. The monoisotopic (exact) mass is 311 g/mol. The Bertz CT molecular complexity index is 605. The Morgan fingerprint density at radius 1 is 0.905 bits per heavy atom. The van der Waals surface area contributed by atoms with Crippen LogP contribution >= 0.6 is 0 Å². The molecule has 1 heterocycles. The van der Waals surface area contributed by atoms with Gasteiger partial charge >= 0.3 is 18.0 Å². The molecular weight excluding hydrogens is 304 g/mol. The van der Waals surface area contributed by atoms with Crippen LogP contribution in [0.25, 0.3) is 5.69 Å². The van der Waals surface area contributed by atoms with Crippen LogP contribution in [0.2, 0.25) is 0 Å². The van der Waals surface area contributed by atoms with Gasteiger partial charge in [-0.3, -0.25) is 0 Å². The van der Waals surface area contributed by atoms with Gasteiger partial charge in [-0.1, -0.05) is 23.4 Å². The summed E-state index contributed by atoms with van der Waals surface area (Å²) in [6.45, 7) is 0. The van der Waals surface area contributed by atoms with Gasteiger partial charge in [0.05, 0.1) is 11.9 Å². The summed E-state index contributed by atoms with van der Waals surface area (Å²) < 4.78 is 76.6. The molecule has 4 nitrogen and oxygen atoms in total. The molecule has 0 amide bonds. The lowest BCUT2D eigenvalue weighted by molar-refractivity contribution is -0.377. The minimum absolute atomic E-state index is 0.197. The highest BCUT2D eigenvalue weighted by molar-refractivity contribution is 5.31. The number of rotatable bonds is 2. The van der Waals surface area contributed by atoms with Crippen molar-refractivity contribution >= 4 is 0 Å². The second-order valence-electron chi connectivity index (χ2n) is 4.09. The van der Waals surface area contributed by atoms with Crippen LogP contribution in [0.1, 0.15) is 5.69 Å². The lowest BCUT2D eigenvalue weighted by atomic mass is 9.99. The van der Waals surface area contributed by atoms with E-state index >= 15 is 0 Å². The molecule has 2 rings (SSSR count). The van der Waals surface area contributed by atoms with Gasteiger partial charge < -0.3 is 5.11 Å². The summed E-state index contributed by atoms with van der Waals surface area (Å²) in [7, 11) is 0. The Balaban J connectivity index is 2.52. The molecule has 0 atom stereocenters. The maximum Gasteiger partial charge on any atom is 0.432 e. The first-order valence-electron chi connectivity index (χ1n) is 5.41. The maximum atomic E-state index is 12.7. The van der Waals surface area contributed by atoms with Crippen molar-refractivity contribution in [1.29, 1.82) is 0 Å². The third-order valence-electron chi connectivity index (χ3n) is 2.71. The minimum Gasteiger partial charge on any atom is -0.368 e. The first-order chi connectivity index (χ1) is 9.57. The highest BCUT2D eigenvalue weighted by atomic mass is 19.4. The van der Waals surface area contributed by atoms with E-state index in [2.05, 4.69) is 10.3 Å². The molecule has 1 aromatic carbocycles. The largest absolute Gasteiger partial charge is 0.432 e. The van der Waals surface area contributed by atoms with Crippen LogP contribution in [-0.4, -0.2) is 32.5 Å². The summed E-state index contributed by atoms with van der Waals surface area (Å²) in [5.74, 6) is 0. The van der Waals surface area contributed by atoms with Crippen LogP contribution in [0, 0.1) is 0 Å². The topological polar surface area (TPSA) is 50.9 Å². The zero-order valence-corrected chi connectivity index (χ0v) is 10.0. The van der Waals surface area contributed by atoms with E-state index in [1.165, 1.54) is 24.3 Å². The number of hydrogen-bond acceptors (Lipinski definition) is 3. The quantitative estimate of drug-likeness (QED) is 0.867. The second-order valence-corrected chi connectivity index (χ2v) is 4.09. The molecule has 114 valence electrons. The molecule has 2 aromatic rings. The number of alkyl halides is 6. The molecule has 0 saturated heterocycles. The van der Waals surface area contributed by atoms with Crippen LogP contribution in [0.4, 0.5) is 26.3 Å². The molecule has 0 spiro atoms. The van der Waals surface area contributed by atoms with Crippen LogP contribution < -0.4 is 0 Å². The summed E-state index contributed by atoms with van der Waals surface area (Å²) in [6, 6.07) is 7.42. The molecule has 0 bridgehead atoms. The normalized spacial score (nSPS) is 13.5. The van der Waals surface area contributed by atoms with Gasteiger partial charge in [-0.05, 0) is 12.1 Å². The first-order valence-corrected chi connectivity index (χ1v) is 5.41. The lowest BCUT2D eigenvalue weighted by Gasteiger charge is -2.30. The van der Waals surface area contributed by atoms with Gasteiger partial charge in [-0.25, -0.2) is 4.68 Å². The van der Waals surface area contributed by atoms with E-state index < -0.39 is 23.6 Å². The minimum atomic E-state index is -5.98. The Morgan fingerprint density at radius 3 is 1.90 bits per heavy atom. The van der Waals surface area contributed by atoms with Gasteiger partial charge in [0.2, 0.25) is 0 Å². The number of benzene rings is 1. The molecule has 21 heavy (non-hydrogen) atoms. The number of halogens is 6. The van der Waals surface area contributed by atoms with Crippen molar-refractivity contribution < 1.29 is 31.4 Å².